The molecule has 5 nitrogen and oxygen atoms in total. The van der Waals surface area contributed by atoms with Crippen LogP contribution in [0.4, 0.5) is 13.2 Å². The summed E-state index contributed by atoms with van der Waals surface area (Å²) in [7, 11) is -3.74. The van der Waals surface area contributed by atoms with E-state index in [4.69, 9.17) is 5.26 Å². The van der Waals surface area contributed by atoms with Gasteiger partial charge in [0.25, 0.3) is 0 Å². The normalized spacial score (nSPS) is 12.4. The van der Waals surface area contributed by atoms with E-state index in [1.165, 1.54) is 6.07 Å². The molecule has 1 aromatic rings. The molecule has 0 fully saturated rings. The Bertz CT molecular complexity index is 512. The first-order valence-corrected chi connectivity index (χ1v) is 5.75. The quantitative estimate of drug-likeness (QED) is 0.798. The highest BCUT2D eigenvalue weighted by atomic mass is 32.2. The van der Waals surface area contributed by atoms with E-state index in [0.29, 0.717) is 10.7 Å². The van der Waals surface area contributed by atoms with Crippen LogP contribution in [0.1, 0.15) is 5.69 Å². The van der Waals surface area contributed by atoms with Crippen molar-refractivity contribution in [1.29, 1.82) is 5.26 Å². The maximum absolute atomic E-state index is 12.1. The Kier molecular flexibility index (Phi) is 3.23. The summed E-state index contributed by atoms with van der Waals surface area (Å²) in [6.45, 7) is 0. The van der Waals surface area contributed by atoms with Crippen molar-refractivity contribution in [3.05, 3.63) is 18.0 Å². The minimum Gasteiger partial charge on any atom is -0.257 e. The highest BCUT2D eigenvalue weighted by Crippen LogP contribution is 2.27. The van der Waals surface area contributed by atoms with Crippen LogP contribution in [0.2, 0.25) is 0 Å². The first kappa shape index (κ1) is 12.5. The lowest BCUT2D eigenvalue weighted by Gasteiger charge is -2.02. The van der Waals surface area contributed by atoms with Gasteiger partial charge in [-0.05, 0) is 6.07 Å². The molecule has 0 bridgehead atoms. The zero-order valence-corrected chi connectivity index (χ0v) is 8.59. The summed E-state index contributed by atoms with van der Waals surface area (Å²) in [6.07, 6.45) is -3.71. The van der Waals surface area contributed by atoms with Gasteiger partial charge in [0.1, 0.15) is 11.6 Å². The molecule has 1 rings (SSSR count). The lowest BCUT2D eigenvalue weighted by atomic mass is 10.4. The minimum atomic E-state index is -4.61. The number of nitriles is 1. The summed E-state index contributed by atoms with van der Waals surface area (Å²) in [5.74, 6) is -1.50. The molecule has 0 aliphatic rings. The maximum atomic E-state index is 12.1. The molecule has 1 heterocycles. The molecule has 9 heteroatoms. The van der Waals surface area contributed by atoms with Crippen molar-refractivity contribution < 1.29 is 21.6 Å². The van der Waals surface area contributed by atoms with E-state index in [1.807, 2.05) is 0 Å². The van der Waals surface area contributed by atoms with E-state index in [1.54, 1.807) is 0 Å². The summed E-state index contributed by atoms with van der Waals surface area (Å²) in [5, 5.41) is 11.2. The molecule has 16 heavy (non-hydrogen) atoms. The number of nitrogens with zero attached hydrogens (tertiary/aromatic N) is 3. The summed E-state index contributed by atoms with van der Waals surface area (Å²) in [6, 6.07) is 2.08. The number of rotatable bonds is 3. The van der Waals surface area contributed by atoms with Crippen molar-refractivity contribution in [2.24, 2.45) is 0 Å². The Morgan fingerprint density at radius 3 is 2.56 bits per heavy atom. The molecule has 0 saturated carbocycles. The van der Waals surface area contributed by atoms with Crippen LogP contribution in [0.15, 0.2) is 12.3 Å². The molecule has 0 spiro atoms. The van der Waals surface area contributed by atoms with Gasteiger partial charge in [0, 0.05) is 6.20 Å². The van der Waals surface area contributed by atoms with Gasteiger partial charge in [-0.3, -0.25) is 4.68 Å². The zero-order chi connectivity index (χ0) is 12.4. The summed E-state index contributed by atoms with van der Waals surface area (Å²) < 4.78 is 59.1. The summed E-state index contributed by atoms with van der Waals surface area (Å²) in [5.41, 5.74) is -1.17. The van der Waals surface area contributed by atoms with E-state index in [-0.39, 0.29) is 0 Å². The number of sulfone groups is 1. The van der Waals surface area contributed by atoms with Crippen LogP contribution < -0.4 is 0 Å². The van der Waals surface area contributed by atoms with Gasteiger partial charge in [-0.25, -0.2) is 8.42 Å². The predicted octanol–water partition coefficient (Wildman–Crippen LogP) is 0.798. The van der Waals surface area contributed by atoms with Gasteiger partial charge in [-0.2, -0.15) is 23.5 Å². The molecule has 0 atom stereocenters. The van der Waals surface area contributed by atoms with Crippen LogP contribution in [0.5, 0.6) is 0 Å². The van der Waals surface area contributed by atoms with Crippen LogP contribution >= 0.6 is 0 Å². The minimum absolute atomic E-state index is 0.634. The maximum Gasteiger partial charge on any atom is 0.435 e. The molecule has 0 aliphatic carbocycles. The van der Waals surface area contributed by atoms with Crippen LogP contribution in [-0.2, 0) is 21.9 Å². The van der Waals surface area contributed by atoms with Crippen molar-refractivity contribution in [3.8, 4) is 6.07 Å². The molecule has 0 N–H and O–H groups in total. The van der Waals surface area contributed by atoms with Crippen molar-refractivity contribution in [1.82, 2.24) is 9.78 Å². The number of hydrogen-bond donors (Lipinski definition) is 0. The first-order chi connectivity index (χ1) is 7.24. The van der Waals surface area contributed by atoms with Crippen molar-refractivity contribution in [2.75, 3.05) is 5.75 Å². The summed E-state index contributed by atoms with van der Waals surface area (Å²) in [4.78, 5) is 0. The Morgan fingerprint density at radius 2 is 2.12 bits per heavy atom. The molecule has 0 unspecified atom stereocenters. The fraction of sp³-hybridized carbons (Fsp3) is 0.429. The second-order valence-electron chi connectivity index (χ2n) is 2.91. The largest absolute Gasteiger partial charge is 0.435 e. The summed E-state index contributed by atoms with van der Waals surface area (Å²) >= 11 is 0. The molecule has 0 saturated heterocycles. The van der Waals surface area contributed by atoms with Gasteiger partial charge < -0.3 is 0 Å². The van der Waals surface area contributed by atoms with Gasteiger partial charge >= 0.3 is 6.18 Å². The van der Waals surface area contributed by atoms with Gasteiger partial charge in [-0.1, -0.05) is 0 Å². The molecule has 0 aliphatic heterocycles. The molecule has 0 aromatic carbocycles. The highest BCUT2D eigenvalue weighted by Gasteiger charge is 2.33. The average molecular weight is 253 g/mol. The molecule has 0 amide bonds. The topological polar surface area (TPSA) is 75.8 Å². The van der Waals surface area contributed by atoms with E-state index >= 15 is 0 Å². The van der Waals surface area contributed by atoms with Gasteiger partial charge in [0.05, 0.1) is 6.07 Å². The zero-order valence-electron chi connectivity index (χ0n) is 7.77. The third-order valence-corrected chi connectivity index (χ3v) is 2.77. The Labute approximate surface area is 89.0 Å². The van der Waals surface area contributed by atoms with E-state index in [0.717, 1.165) is 6.20 Å². The van der Waals surface area contributed by atoms with Crippen LogP contribution in [0.25, 0.3) is 0 Å². The van der Waals surface area contributed by atoms with Crippen molar-refractivity contribution in [3.63, 3.8) is 0 Å². The van der Waals surface area contributed by atoms with Gasteiger partial charge in [0.15, 0.2) is 15.5 Å². The first-order valence-electron chi connectivity index (χ1n) is 3.92. The van der Waals surface area contributed by atoms with Crippen molar-refractivity contribution in [2.45, 2.75) is 12.1 Å². The van der Waals surface area contributed by atoms with Crippen LogP contribution in [0, 0.1) is 11.3 Å². The third-order valence-electron chi connectivity index (χ3n) is 1.54. The van der Waals surface area contributed by atoms with Gasteiger partial charge in [-0.15, -0.1) is 0 Å². The molecular formula is C7H6F3N3O2S. The lowest BCUT2D eigenvalue weighted by Crippen LogP contribution is -2.15. The fourth-order valence-electron chi connectivity index (χ4n) is 0.930. The Morgan fingerprint density at radius 1 is 1.50 bits per heavy atom. The van der Waals surface area contributed by atoms with E-state index in [9.17, 15) is 21.6 Å². The average Bonchev–Trinajstić information content (AvgIpc) is 2.50. The second kappa shape index (κ2) is 4.13. The molecule has 1 aromatic heterocycles. The third kappa shape index (κ3) is 3.23. The number of aromatic nitrogens is 2. The monoisotopic (exact) mass is 253 g/mol. The van der Waals surface area contributed by atoms with Crippen LogP contribution in [0.3, 0.4) is 0 Å². The fourth-order valence-corrected chi connectivity index (χ4v) is 1.77. The lowest BCUT2D eigenvalue weighted by molar-refractivity contribution is -0.141. The van der Waals surface area contributed by atoms with Crippen LogP contribution in [-0.4, -0.2) is 24.0 Å². The standard InChI is InChI=1S/C7H6F3N3O2S/c8-7(9,10)6-1-3-13(12-6)5-16(14,15)4-2-11/h1,3H,4-5H2. The SMILES string of the molecule is N#CCS(=O)(=O)Cn1ccc(C(F)(F)F)n1. The predicted molar refractivity (Wildman–Crippen MR) is 46.6 cm³/mol. The molecule has 0 radical (unpaired) electrons. The Balaban J connectivity index is 2.86. The second-order valence-corrected chi connectivity index (χ2v) is 4.95. The smallest absolute Gasteiger partial charge is 0.257 e. The highest BCUT2D eigenvalue weighted by molar-refractivity contribution is 7.90. The molecule has 88 valence electrons. The number of hydrogen-bond acceptors (Lipinski definition) is 4. The van der Waals surface area contributed by atoms with E-state index < -0.39 is 33.3 Å². The van der Waals surface area contributed by atoms with Crippen molar-refractivity contribution >= 4 is 9.84 Å². The number of halogens is 3. The number of alkyl halides is 3. The van der Waals surface area contributed by atoms with Gasteiger partial charge in [0.2, 0.25) is 0 Å². The van der Waals surface area contributed by atoms with E-state index in [2.05, 4.69) is 5.10 Å². The molecular weight excluding hydrogens is 247 g/mol. The Hall–Kier alpha value is -1.56.